The number of nitrogens with one attached hydrogen (secondary N) is 2. The number of hydrogen-bond donors (Lipinski definition) is 3. The monoisotopic (exact) mass is 475 g/mol. The second-order valence-corrected chi connectivity index (χ2v) is 7.56. The topological polar surface area (TPSA) is 104 Å². The molecule has 3 N–H and O–H groups in total. The fourth-order valence-corrected chi connectivity index (χ4v) is 3.35. The van der Waals surface area contributed by atoms with E-state index >= 15 is 0 Å². The van der Waals surface area contributed by atoms with E-state index < -0.39 is 12.1 Å². The van der Waals surface area contributed by atoms with Gasteiger partial charge in [0.05, 0.1) is 12.2 Å². The summed E-state index contributed by atoms with van der Waals surface area (Å²) >= 11 is 0. The van der Waals surface area contributed by atoms with Crippen molar-refractivity contribution in [3.05, 3.63) is 77.2 Å². The van der Waals surface area contributed by atoms with Crippen molar-refractivity contribution in [2.45, 2.75) is 32.0 Å². The van der Waals surface area contributed by atoms with Gasteiger partial charge in [-0.3, -0.25) is 9.78 Å². The van der Waals surface area contributed by atoms with Gasteiger partial charge in [-0.1, -0.05) is 30.3 Å². The molecule has 4 rings (SSSR count). The molecule has 3 aromatic rings. The Morgan fingerprint density at radius 3 is 2.56 bits per heavy atom. The largest absolute Gasteiger partial charge is 0.490 e. The quantitative estimate of drug-likeness (QED) is 0.446. The number of aliphatic carboxylic acids is 1. The first-order chi connectivity index (χ1) is 16.2. The van der Waals surface area contributed by atoms with Crippen LogP contribution in [-0.4, -0.2) is 46.3 Å². The molecule has 0 spiro atoms. The fraction of sp³-hybridized carbons (Fsp3) is 0.292. The Balaban J connectivity index is 0.000000406. The van der Waals surface area contributed by atoms with Gasteiger partial charge in [-0.25, -0.2) is 4.79 Å². The standard InChI is InChI=1S/C22H23N3O2.C2HF3O2/c26-22-19-14-21(25-20(19)9-11-24-22)17-8-10-23-18(13-17)7-4-12-27-15-16-5-2-1-3-6-16;3-2(4,5)1(6)7/h1-3,5-6,8,10,13-14,25H,4,7,9,11-12,15H2,(H,24,26);(H,6,7). The lowest BCUT2D eigenvalue weighted by Crippen LogP contribution is -2.31. The summed E-state index contributed by atoms with van der Waals surface area (Å²) in [6.45, 7) is 2.04. The maximum atomic E-state index is 11.9. The van der Waals surface area contributed by atoms with Gasteiger partial charge in [-0.2, -0.15) is 13.2 Å². The van der Waals surface area contributed by atoms with E-state index in [1.165, 1.54) is 5.56 Å². The summed E-state index contributed by atoms with van der Waals surface area (Å²) in [5.41, 5.74) is 6.03. The summed E-state index contributed by atoms with van der Waals surface area (Å²) in [7, 11) is 0. The lowest BCUT2D eigenvalue weighted by atomic mass is 10.1. The molecule has 0 saturated heterocycles. The third kappa shape index (κ3) is 7.17. The highest BCUT2D eigenvalue weighted by Gasteiger charge is 2.38. The number of pyridine rings is 1. The number of fused-ring (bicyclic) bond motifs is 1. The van der Waals surface area contributed by atoms with Crippen molar-refractivity contribution in [2.24, 2.45) is 0 Å². The molecule has 0 bridgehead atoms. The molecule has 2 aromatic heterocycles. The summed E-state index contributed by atoms with van der Waals surface area (Å²) in [5.74, 6) is -2.75. The van der Waals surface area contributed by atoms with Crippen molar-refractivity contribution in [3.63, 3.8) is 0 Å². The molecule has 3 heterocycles. The van der Waals surface area contributed by atoms with Crippen molar-refractivity contribution >= 4 is 11.9 Å². The van der Waals surface area contributed by atoms with Gasteiger partial charge in [0.25, 0.3) is 5.91 Å². The maximum absolute atomic E-state index is 11.9. The van der Waals surface area contributed by atoms with E-state index in [1.54, 1.807) is 0 Å². The minimum Gasteiger partial charge on any atom is -0.475 e. The van der Waals surface area contributed by atoms with Crippen LogP contribution in [0.4, 0.5) is 13.2 Å². The zero-order valence-electron chi connectivity index (χ0n) is 18.2. The van der Waals surface area contributed by atoms with Crippen LogP contribution >= 0.6 is 0 Å². The number of aromatic amines is 1. The molecule has 0 radical (unpaired) electrons. The Hall–Kier alpha value is -3.66. The molecule has 7 nitrogen and oxygen atoms in total. The molecule has 0 unspecified atom stereocenters. The Bertz CT molecular complexity index is 1110. The lowest BCUT2D eigenvalue weighted by Gasteiger charge is -2.10. The van der Waals surface area contributed by atoms with Gasteiger partial charge >= 0.3 is 12.1 Å². The predicted octanol–water partition coefficient (Wildman–Crippen LogP) is 4.15. The van der Waals surface area contributed by atoms with Crippen LogP contribution in [0.3, 0.4) is 0 Å². The number of H-pyrrole nitrogens is 1. The van der Waals surface area contributed by atoms with E-state index in [-0.39, 0.29) is 5.91 Å². The Morgan fingerprint density at radius 2 is 1.88 bits per heavy atom. The highest BCUT2D eigenvalue weighted by atomic mass is 19.4. The molecule has 1 aliphatic heterocycles. The molecule has 0 saturated carbocycles. The van der Waals surface area contributed by atoms with Crippen LogP contribution in [0.25, 0.3) is 11.3 Å². The van der Waals surface area contributed by atoms with Crippen LogP contribution in [0.2, 0.25) is 0 Å². The van der Waals surface area contributed by atoms with Crippen molar-refractivity contribution in [1.82, 2.24) is 15.3 Å². The molecule has 1 aromatic carbocycles. The molecule has 0 fully saturated rings. The van der Waals surface area contributed by atoms with Crippen molar-refractivity contribution in [2.75, 3.05) is 13.2 Å². The third-order valence-corrected chi connectivity index (χ3v) is 5.01. The van der Waals surface area contributed by atoms with Crippen LogP contribution in [0.15, 0.2) is 54.7 Å². The summed E-state index contributed by atoms with van der Waals surface area (Å²) in [4.78, 5) is 28.7. The zero-order chi connectivity index (χ0) is 24.6. The smallest absolute Gasteiger partial charge is 0.475 e. The molecule has 34 heavy (non-hydrogen) atoms. The van der Waals surface area contributed by atoms with Crippen molar-refractivity contribution in [1.29, 1.82) is 0 Å². The van der Waals surface area contributed by atoms with Gasteiger partial charge < -0.3 is 20.1 Å². The van der Waals surface area contributed by atoms with Gasteiger partial charge in [-0.05, 0) is 36.6 Å². The van der Waals surface area contributed by atoms with Crippen LogP contribution in [-0.2, 0) is 29.0 Å². The lowest BCUT2D eigenvalue weighted by molar-refractivity contribution is -0.192. The summed E-state index contributed by atoms with van der Waals surface area (Å²) in [6.07, 6.45) is -0.621. The van der Waals surface area contributed by atoms with Gasteiger partial charge in [0.15, 0.2) is 0 Å². The van der Waals surface area contributed by atoms with Gasteiger partial charge in [0.2, 0.25) is 0 Å². The number of aromatic nitrogens is 2. The molecular formula is C24H24F3N3O4. The number of benzene rings is 1. The second-order valence-electron chi connectivity index (χ2n) is 7.56. The highest BCUT2D eigenvalue weighted by molar-refractivity contribution is 5.97. The number of carbonyl (C=O) groups is 2. The van der Waals surface area contributed by atoms with E-state index in [9.17, 15) is 18.0 Å². The third-order valence-electron chi connectivity index (χ3n) is 5.01. The fourth-order valence-electron chi connectivity index (χ4n) is 3.35. The predicted molar refractivity (Wildman–Crippen MR) is 118 cm³/mol. The number of carbonyl (C=O) groups excluding carboxylic acids is 1. The molecule has 180 valence electrons. The molecule has 0 atom stereocenters. The number of ether oxygens (including phenoxy) is 1. The second kappa shape index (κ2) is 11.5. The molecule has 1 amide bonds. The zero-order valence-corrected chi connectivity index (χ0v) is 18.2. The van der Waals surface area contributed by atoms with E-state index in [0.717, 1.165) is 47.5 Å². The van der Waals surface area contributed by atoms with Crippen molar-refractivity contribution in [3.8, 4) is 11.3 Å². The number of alkyl halides is 3. The van der Waals surface area contributed by atoms with E-state index in [4.69, 9.17) is 14.6 Å². The SMILES string of the molecule is O=C(O)C(F)(F)F.O=C1NCCc2[nH]c(-c3ccnc(CCCOCc4ccccc4)c3)cc21. The number of halogens is 3. The summed E-state index contributed by atoms with van der Waals surface area (Å²) < 4.78 is 37.5. The summed E-state index contributed by atoms with van der Waals surface area (Å²) in [6, 6.07) is 16.2. The van der Waals surface area contributed by atoms with Gasteiger partial charge in [-0.15, -0.1) is 0 Å². The molecule has 10 heteroatoms. The number of amides is 1. The van der Waals surface area contributed by atoms with Crippen molar-refractivity contribution < 1.29 is 32.6 Å². The minimum absolute atomic E-state index is 0.00333. The van der Waals surface area contributed by atoms with Crippen LogP contribution in [0.5, 0.6) is 0 Å². The minimum atomic E-state index is -5.08. The first-order valence-electron chi connectivity index (χ1n) is 10.6. The van der Waals surface area contributed by atoms with E-state index in [1.807, 2.05) is 36.5 Å². The first kappa shape index (κ1) is 25.0. The van der Waals surface area contributed by atoms with E-state index in [0.29, 0.717) is 19.8 Å². The molecular weight excluding hydrogens is 451 g/mol. The average molecular weight is 475 g/mol. The molecule has 0 aliphatic carbocycles. The number of aryl methyl sites for hydroxylation is 1. The highest BCUT2D eigenvalue weighted by Crippen LogP contribution is 2.24. The van der Waals surface area contributed by atoms with E-state index in [2.05, 4.69) is 33.5 Å². The molecule has 1 aliphatic rings. The number of hydrogen-bond acceptors (Lipinski definition) is 4. The van der Waals surface area contributed by atoms with Gasteiger partial charge in [0, 0.05) is 48.4 Å². The number of carboxylic acid groups (broad SMARTS) is 1. The Morgan fingerprint density at radius 1 is 1.15 bits per heavy atom. The summed E-state index contributed by atoms with van der Waals surface area (Å²) in [5, 5.41) is 10.0. The first-order valence-corrected chi connectivity index (χ1v) is 10.6. The normalized spacial score (nSPS) is 12.9. The maximum Gasteiger partial charge on any atom is 0.490 e. The number of nitrogens with zero attached hydrogens (tertiary/aromatic N) is 1. The average Bonchev–Trinajstić information content (AvgIpc) is 3.26. The Kier molecular flexibility index (Phi) is 8.42. The van der Waals surface area contributed by atoms with Crippen LogP contribution in [0, 0.1) is 0 Å². The van der Waals surface area contributed by atoms with Crippen LogP contribution < -0.4 is 5.32 Å². The van der Waals surface area contributed by atoms with Crippen LogP contribution in [0.1, 0.15) is 33.7 Å². The Labute approximate surface area is 194 Å². The number of rotatable bonds is 7. The van der Waals surface area contributed by atoms with Gasteiger partial charge in [0.1, 0.15) is 0 Å². The number of carboxylic acids is 1.